The topological polar surface area (TPSA) is 43.6 Å². The molecule has 1 heterocycles. The molecule has 0 atom stereocenters. The fourth-order valence-corrected chi connectivity index (χ4v) is 2.20. The molecule has 0 aliphatic heterocycles. The van der Waals surface area contributed by atoms with Crippen molar-refractivity contribution in [2.75, 3.05) is 0 Å². The van der Waals surface area contributed by atoms with Gasteiger partial charge >= 0.3 is 26.2 Å². The first-order chi connectivity index (χ1) is 10.2. The summed E-state index contributed by atoms with van der Waals surface area (Å²) in [7, 11) is 0. The van der Waals surface area contributed by atoms with Gasteiger partial charge in [-0.05, 0) is 16.1 Å². The summed E-state index contributed by atoms with van der Waals surface area (Å²) in [5, 5.41) is 13.5. The Hall–Kier alpha value is -1.16. The Morgan fingerprint density at radius 3 is 2.42 bits per heavy atom. The van der Waals surface area contributed by atoms with Crippen molar-refractivity contribution in [2.24, 2.45) is 0 Å². The van der Waals surface area contributed by atoms with E-state index in [1.165, 1.54) is 21.9 Å². The van der Waals surface area contributed by atoms with Gasteiger partial charge in [-0.2, -0.15) is 6.08 Å². The third kappa shape index (κ3) is 5.44. The molecule has 0 fully saturated rings. The van der Waals surface area contributed by atoms with Gasteiger partial charge in [-0.15, -0.1) is 59.5 Å². The average molecular weight is 438 g/mol. The second kappa shape index (κ2) is 10.7. The predicted octanol–water partition coefficient (Wildman–Crippen LogP) is -2.37. The van der Waals surface area contributed by atoms with E-state index in [2.05, 4.69) is 65.8 Å². The molecule has 0 unspecified atom stereocenters. The first-order valence-electron chi connectivity index (χ1n) is 6.87. The number of nitrogens with zero attached hydrogens (tertiary/aromatic N) is 4. The van der Waals surface area contributed by atoms with Gasteiger partial charge in [0, 0.05) is 0 Å². The second-order valence-electron chi connectivity index (χ2n) is 4.99. The Kier molecular flexibility index (Phi) is 10.1. The number of fused-ring (bicyclic) bond motifs is 1. The Bertz CT molecular complexity index is 758. The van der Waals surface area contributed by atoms with E-state index >= 15 is 0 Å². The molecule has 0 saturated carbocycles. The molecule has 4 rings (SSSR count). The van der Waals surface area contributed by atoms with Crippen LogP contribution in [0.25, 0.3) is 16.5 Å². The van der Waals surface area contributed by atoms with Crippen LogP contribution in [0.15, 0.2) is 59.9 Å². The smallest absolute Gasteiger partial charge is 1.00 e. The Labute approximate surface area is 173 Å². The van der Waals surface area contributed by atoms with Crippen LogP contribution >= 0.6 is 0 Å². The average Bonchev–Trinajstić information content (AvgIpc) is 3.21. The molecule has 0 amide bonds. The number of rotatable bonds is 1. The van der Waals surface area contributed by atoms with Crippen molar-refractivity contribution in [1.29, 1.82) is 0 Å². The van der Waals surface area contributed by atoms with Crippen LogP contribution in [-0.4, -0.2) is 20.2 Å². The first-order valence-corrected chi connectivity index (χ1v) is 6.87. The second-order valence-corrected chi connectivity index (χ2v) is 4.99. The van der Waals surface area contributed by atoms with Crippen LogP contribution < -0.4 is 24.8 Å². The molecule has 1 aromatic heterocycles. The summed E-state index contributed by atoms with van der Waals surface area (Å²) < 4.78 is 1.65. The van der Waals surface area contributed by atoms with Gasteiger partial charge in [0.1, 0.15) is 6.33 Å². The Morgan fingerprint density at radius 2 is 1.92 bits per heavy atom. The normalized spacial score (nSPS) is 11.9. The van der Waals surface area contributed by atoms with E-state index in [1.54, 1.807) is 11.0 Å². The SMILES string of the molecule is CC1=[C-]CC=C1C.[Cl-].[Cl-].[Zr+4].c1ccc2[cH-]c(-n3cnnn3)cc2c1. The van der Waals surface area contributed by atoms with E-state index in [0.717, 1.165) is 12.1 Å². The van der Waals surface area contributed by atoms with Crippen molar-refractivity contribution in [3.8, 4) is 5.69 Å². The minimum Gasteiger partial charge on any atom is -1.00 e. The largest absolute Gasteiger partial charge is 4.00 e. The van der Waals surface area contributed by atoms with Crippen molar-refractivity contribution >= 4 is 10.8 Å². The molecule has 0 N–H and O–H groups in total. The van der Waals surface area contributed by atoms with E-state index in [1.807, 2.05) is 12.1 Å². The van der Waals surface area contributed by atoms with Gasteiger partial charge in [0.2, 0.25) is 0 Å². The van der Waals surface area contributed by atoms with Gasteiger partial charge in [0.25, 0.3) is 0 Å². The Morgan fingerprint density at radius 1 is 1.17 bits per heavy atom. The molecule has 0 radical (unpaired) electrons. The number of hydrogen-bond acceptors (Lipinski definition) is 3. The van der Waals surface area contributed by atoms with Crippen LogP contribution in [0.5, 0.6) is 0 Å². The minimum absolute atomic E-state index is 0. The summed E-state index contributed by atoms with van der Waals surface area (Å²) in [6.07, 6.45) is 8.00. The summed E-state index contributed by atoms with van der Waals surface area (Å²) in [6.45, 7) is 4.22. The third-order valence-electron chi connectivity index (χ3n) is 3.58. The van der Waals surface area contributed by atoms with Crippen LogP contribution in [0.2, 0.25) is 0 Å². The van der Waals surface area contributed by atoms with Gasteiger partial charge in [-0.25, -0.2) is 15.8 Å². The van der Waals surface area contributed by atoms with E-state index < -0.39 is 0 Å². The number of hydrogen-bond donors (Lipinski definition) is 0. The van der Waals surface area contributed by atoms with Crippen LogP contribution in [0, 0.1) is 6.08 Å². The van der Waals surface area contributed by atoms with Crippen molar-refractivity contribution in [2.45, 2.75) is 20.3 Å². The Balaban J connectivity index is 0.000000463. The molecule has 3 aromatic rings. The fourth-order valence-electron chi connectivity index (χ4n) is 2.20. The van der Waals surface area contributed by atoms with Crippen molar-refractivity contribution < 1.29 is 51.0 Å². The van der Waals surface area contributed by atoms with Gasteiger partial charge in [0.05, 0.1) is 0 Å². The maximum atomic E-state index is 3.84. The molecule has 1 aliphatic carbocycles. The maximum absolute atomic E-state index is 3.84. The zero-order chi connectivity index (χ0) is 14.7. The molecule has 122 valence electrons. The number of aromatic nitrogens is 4. The molecule has 0 saturated heterocycles. The maximum Gasteiger partial charge on any atom is 4.00 e. The van der Waals surface area contributed by atoms with Gasteiger partial charge in [-0.1, -0.05) is 13.0 Å². The fraction of sp³-hybridized carbons (Fsp3) is 0.176. The monoisotopic (exact) mass is 436 g/mol. The van der Waals surface area contributed by atoms with Crippen LogP contribution in [-0.2, 0) is 26.2 Å². The zero-order valence-corrected chi connectivity index (χ0v) is 17.3. The minimum atomic E-state index is 0. The zero-order valence-electron chi connectivity index (χ0n) is 13.4. The van der Waals surface area contributed by atoms with Crippen LogP contribution in [0.4, 0.5) is 0 Å². The van der Waals surface area contributed by atoms with E-state index in [-0.39, 0.29) is 51.0 Å². The molecule has 0 bridgehead atoms. The van der Waals surface area contributed by atoms with Gasteiger partial charge < -0.3 is 24.8 Å². The van der Waals surface area contributed by atoms with Crippen LogP contribution in [0.3, 0.4) is 0 Å². The number of allylic oxidation sites excluding steroid dienone is 4. The third-order valence-corrected chi connectivity index (χ3v) is 3.58. The molecular weight excluding hydrogens is 422 g/mol. The van der Waals surface area contributed by atoms with E-state index in [9.17, 15) is 0 Å². The quantitative estimate of drug-likeness (QED) is 0.399. The molecule has 1 aliphatic rings. The summed E-state index contributed by atoms with van der Waals surface area (Å²) in [4.78, 5) is 0. The first kappa shape index (κ1) is 22.8. The van der Waals surface area contributed by atoms with E-state index in [0.29, 0.717) is 0 Å². The number of halogens is 2. The van der Waals surface area contributed by atoms with Crippen molar-refractivity contribution in [1.82, 2.24) is 20.2 Å². The van der Waals surface area contributed by atoms with Crippen molar-refractivity contribution in [3.05, 3.63) is 66.0 Å². The standard InChI is InChI=1S/C10H7N4.C7H9.2ClH.Zr/c1-2-4-9-6-10(5-8(9)3-1)14-7-11-12-13-14;1-6-4-3-5-7(6)2;;;/h1-7H;4H,3H2,1-2H3;2*1H;/q2*-1;;;+4/p-2. The molecular formula is C17H16Cl2N4Zr. The van der Waals surface area contributed by atoms with Crippen molar-refractivity contribution in [3.63, 3.8) is 0 Å². The number of benzene rings is 1. The molecule has 7 heteroatoms. The summed E-state index contributed by atoms with van der Waals surface area (Å²) >= 11 is 0. The van der Waals surface area contributed by atoms with Gasteiger partial charge in [-0.3, -0.25) is 6.08 Å². The molecule has 0 spiro atoms. The summed E-state index contributed by atoms with van der Waals surface area (Å²) in [5.41, 5.74) is 3.70. The van der Waals surface area contributed by atoms with Gasteiger partial charge in [0.15, 0.2) is 0 Å². The molecule has 24 heavy (non-hydrogen) atoms. The van der Waals surface area contributed by atoms with Crippen LogP contribution in [0.1, 0.15) is 20.3 Å². The molecule has 4 nitrogen and oxygen atoms in total. The predicted molar refractivity (Wildman–Crippen MR) is 83.1 cm³/mol. The molecule has 2 aromatic carbocycles. The number of tetrazole rings is 1. The summed E-state index contributed by atoms with van der Waals surface area (Å²) in [5.74, 6) is 0. The van der Waals surface area contributed by atoms with E-state index in [4.69, 9.17) is 0 Å². The summed E-state index contributed by atoms with van der Waals surface area (Å²) in [6, 6.07) is 12.3.